The number of nitrogens with one attached hydrogen (secondary N) is 1. The number of morpholine rings is 1. The van der Waals surface area contributed by atoms with Crippen LogP contribution in [0.4, 0.5) is 0 Å². The highest BCUT2D eigenvalue weighted by molar-refractivity contribution is 4.87. The summed E-state index contributed by atoms with van der Waals surface area (Å²) in [6.07, 6.45) is 3.78. The van der Waals surface area contributed by atoms with Crippen molar-refractivity contribution in [1.29, 1.82) is 0 Å². The molecule has 0 aromatic rings. The molecule has 0 saturated carbocycles. The van der Waals surface area contributed by atoms with E-state index in [1.807, 2.05) is 0 Å². The summed E-state index contributed by atoms with van der Waals surface area (Å²) >= 11 is 0. The topological polar surface area (TPSA) is 24.5 Å². The molecule has 0 aromatic heterocycles. The van der Waals surface area contributed by atoms with Gasteiger partial charge in [-0.25, -0.2) is 0 Å². The Labute approximate surface area is 107 Å². The fourth-order valence-corrected chi connectivity index (χ4v) is 2.67. The lowest BCUT2D eigenvalue weighted by atomic mass is 9.98. The second kappa shape index (κ2) is 7.34. The van der Waals surface area contributed by atoms with Gasteiger partial charge in [0.05, 0.1) is 13.2 Å². The first-order valence-corrected chi connectivity index (χ1v) is 7.13. The van der Waals surface area contributed by atoms with Crippen LogP contribution in [0.3, 0.4) is 0 Å². The molecule has 0 amide bonds. The van der Waals surface area contributed by atoms with E-state index in [-0.39, 0.29) is 5.54 Å². The van der Waals surface area contributed by atoms with Crippen LogP contribution in [0.25, 0.3) is 0 Å². The molecule has 0 bridgehead atoms. The Morgan fingerprint density at radius 1 is 1.35 bits per heavy atom. The first-order chi connectivity index (χ1) is 8.08. The summed E-state index contributed by atoms with van der Waals surface area (Å²) in [4.78, 5) is 2.61. The Hall–Kier alpha value is -0.120. The molecule has 0 aromatic carbocycles. The summed E-state index contributed by atoms with van der Waals surface area (Å²) in [6.45, 7) is 14.3. The van der Waals surface area contributed by atoms with Crippen molar-refractivity contribution < 1.29 is 4.74 Å². The minimum Gasteiger partial charge on any atom is -0.378 e. The lowest BCUT2D eigenvalue weighted by Gasteiger charge is -2.45. The Morgan fingerprint density at radius 3 is 2.76 bits per heavy atom. The third-order valence-corrected chi connectivity index (χ3v) is 3.64. The maximum absolute atomic E-state index is 5.57. The van der Waals surface area contributed by atoms with Gasteiger partial charge in [-0.2, -0.15) is 0 Å². The molecule has 102 valence electrons. The number of nitrogens with zero attached hydrogens (tertiary/aromatic N) is 1. The zero-order valence-electron chi connectivity index (χ0n) is 12.1. The van der Waals surface area contributed by atoms with Gasteiger partial charge in [-0.05, 0) is 53.1 Å². The smallest absolute Gasteiger partial charge is 0.0645 e. The van der Waals surface area contributed by atoms with E-state index in [0.717, 1.165) is 32.8 Å². The van der Waals surface area contributed by atoms with Crippen molar-refractivity contribution in [3.8, 4) is 0 Å². The third kappa shape index (κ3) is 4.94. The van der Waals surface area contributed by atoms with Crippen LogP contribution < -0.4 is 5.32 Å². The van der Waals surface area contributed by atoms with Crippen molar-refractivity contribution in [2.45, 2.75) is 58.5 Å². The first kappa shape index (κ1) is 14.9. The van der Waals surface area contributed by atoms with Crippen LogP contribution in [0.1, 0.15) is 47.0 Å². The van der Waals surface area contributed by atoms with E-state index in [4.69, 9.17) is 4.74 Å². The molecule has 0 aliphatic carbocycles. The molecule has 3 nitrogen and oxygen atoms in total. The van der Waals surface area contributed by atoms with Crippen LogP contribution in [-0.2, 0) is 4.74 Å². The normalized spacial score (nSPS) is 22.6. The summed E-state index contributed by atoms with van der Waals surface area (Å²) in [5.74, 6) is 0. The fourth-order valence-electron chi connectivity index (χ4n) is 2.67. The van der Waals surface area contributed by atoms with Gasteiger partial charge in [-0.3, -0.25) is 4.90 Å². The largest absolute Gasteiger partial charge is 0.378 e. The minimum atomic E-state index is 0.203. The molecule has 3 heteroatoms. The molecule has 17 heavy (non-hydrogen) atoms. The molecular weight excluding hydrogens is 212 g/mol. The van der Waals surface area contributed by atoms with Crippen LogP contribution in [0.15, 0.2) is 0 Å². The van der Waals surface area contributed by atoms with Crippen molar-refractivity contribution in [2.24, 2.45) is 0 Å². The Bertz CT molecular complexity index is 206. The molecule has 1 rings (SSSR count). The summed E-state index contributed by atoms with van der Waals surface area (Å²) in [5, 5.41) is 3.47. The van der Waals surface area contributed by atoms with Gasteiger partial charge in [0.25, 0.3) is 0 Å². The molecule has 1 unspecified atom stereocenters. The quantitative estimate of drug-likeness (QED) is 0.693. The first-order valence-electron chi connectivity index (χ1n) is 7.13. The predicted molar refractivity (Wildman–Crippen MR) is 73.5 cm³/mol. The number of hydrogen-bond acceptors (Lipinski definition) is 3. The highest BCUT2D eigenvalue weighted by Gasteiger charge is 2.33. The zero-order chi connectivity index (χ0) is 12.7. The maximum atomic E-state index is 5.57. The zero-order valence-corrected chi connectivity index (χ0v) is 12.1. The second-order valence-corrected chi connectivity index (χ2v) is 5.80. The third-order valence-electron chi connectivity index (χ3n) is 3.64. The number of hydrogen-bond donors (Lipinski definition) is 1. The van der Waals surface area contributed by atoms with Gasteiger partial charge in [0, 0.05) is 18.1 Å². The number of ether oxygens (including phenoxy) is 1. The van der Waals surface area contributed by atoms with Crippen LogP contribution >= 0.6 is 0 Å². The monoisotopic (exact) mass is 242 g/mol. The van der Waals surface area contributed by atoms with Gasteiger partial charge >= 0.3 is 0 Å². The van der Waals surface area contributed by atoms with Gasteiger partial charge < -0.3 is 10.1 Å². The van der Waals surface area contributed by atoms with E-state index < -0.39 is 0 Å². The van der Waals surface area contributed by atoms with E-state index in [0.29, 0.717) is 6.04 Å². The Kier molecular flexibility index (Phi) is 6.45. The van der Waals surface area contributed by atoms with E-state index in [2.05, 4.69) is 37.9 Å². The van der Waals surface area contributed by atoms with Crippen molar-refractivity contribution in [1.82, 2.24) is 10.2 Å². The fraction of sp³-hybridized carbons (Fsp3) is 1.00. The molecule has 1 N–H and O–H groups in total. The minimum absolute atomic E-state index is 0.203. The molecule has 1 saturated heterocycles. The second-order valence-electron chi connectivity index (χ2n) is 5.80. The van der Waals surface area contributed by atoms with Crippen LogP contribution in [0.5, 0.6) is 0 Å². The maximum Gasteiger partial charge on any atom is 0.0645 e. The van der Waals surface area contributed by atoms with E-state index in [9.17, 15) is 0 Å². The average Bonchev–Trinajstić information content (AvgIpc) is 2.28. The van der Waals surface area contributed by atoms with Crippen molar-refractivity contribution >= 4 is 0 Å². The Balaban J connectivity index is 2.23. The van der Waals surface area contributed by atoms with Gasteiger partial charge in [0.1, 0.15) is 0 Å². The molecule has 1 heterocycles. The van der Waals surface area contributed by atoms with Crippen LogP contribution in [-0.4, -0.2) is 49.3 Å². The molecule has 0 radical (unpaired) electrons. The molecule has 1 aliphatic rings. The summed E-state index contributed by atoms with van der Waals surface area (Å²) in [7, 11) is 0. The van der Waals surface area contributed by atoms with Crippen molar-refractivity contribution in [3.05, 3.63) is 0 Å². The molecule has 1 aliphatic heterocycles. The van der Waals surface area contributed by atoms with E-state index in [1.165, 1.54) is 19.3 Å². The van der Waals surface area contributed by atoms with Crippen molar-refractivity contribution in [3.63, 3.8) is 0 Å². The molecule has 1 atom stereocenters. The summed E-state index contributed by atoms with van der Waals surface area (Å²) in [5.41, 5.74) is 0.203. The highest BCUT2D eigenvalue weighted by atomic mass is 16.5. The summed E-state index contributed by atoms with van der Waals surface area (Å²) < 4.78 is 5.57. The highest BCUT2D eigenvalue weighted by Crippen LogP contribution is 2.23. The standard InChI is InChI=1S/C14H30N2O/c1-5-8-15-9-6-7-13(2)16-10-11-17-12-14(16,3)4/h13,15H,5-12H2,1-4H3. The SMILES string of the molecule is CCCNCCCC(C)N1CCOCC1(C)C. The molecule has 0 spiro atoms. The Morgan fingerprint density at radius 2 is 2.12 bits per heavy atom. The van der Waals surface area contributed by atoms with Gasteiger partial charge in [0.15, 0.2) is 0 Å². The van der Waals surface area contributed by atoms with Gasteiger partial charge in [-0.15, -0.1) is 0 Å². The van der Waals surface area contributed by atoms with Crippen LogP contribution in [0, 0.1) is 0 Å². The summed E-state index contributed by atoms with van der Waals surface area (Å²) in [6, 6.07) is 0.664. The van der Waals surface area contributed by atoms with Gasteiger partial charge in [-0.1, -0.05) is 6.92 Å². The van der Waals surface area contributed by atoms with Gasteiger partial charge in [0.2, 0.25) is 0 Å². The van der Waals surface area contributed by atoms with Crippen molar-refractivity contribution in [2.75, 3.05) is 32.8 Å². The molecular formula is C14H30N2O. The lowest BCUT2D eigenvalue weighted by Crippen LogP contribution is -2.56. The van der Waals surface area contributed by atoms with E-state index in [1.54, 1.807) is 0 Å². The molecule has 1 fully saturated rings. The van der Waals surface area contributed by atoms with E-state index >= 15 is 0 Å². The number of rotatable bonds is 7. The predicted octanol–water partition coefficient (Wildman–Crippen LogP) is 2.27. The average molecular weight is 242 g/mol. The van der Waals surface area contributed by atoms with Crippen LogP contribution in [0.2, 0.25) is 0 Å². The lowest BCUT2D eigenvalue weighted by molar-refractivity contribution is -0.0701.